The van der Waals surface area contributed by atoms with Gasteiger partial charge in [0, 0.05) is 16.9 Å². The second-order valence-corrected chi connectivity index (χ2v) is 7.56. The molecule has 23 heavy (non-hydrogen) atoms. The molecule has 1 aromatic heterocycles. The van der Waals surface area contributed by atoms with E-state index in [-0.39, 0.29) is 11.8 Å². The number of fused-ring (bicyclic) bond motifs is 1. The lowest BCUT2D eigenvalue weighted by Gasteiger charge is -2.29. The van der Waals surface area contributed by atoms with Crippen molar-refractivity contribution in [2.75, 3.05) is 16.9 Å². The van der Waals surface area contributed by atoms with Gasteiger partial charge in [-0.2, -0.15) is 15.4 Å². The average Bonchev–Trinajstić information content (AvgIpc) is 3.13. The molecular weight excluding hydrogens is 314 g/mol. The first-order chi connectivity index (χ1) is 10.9. The zero-order valence-corrected chi connectivity index (χ0v) is 14.1. The number of carbonyl (C=O) groups is 2. The third kappa shape index (κ3) is 3.17. The summed E-state index contributed by atoms with van der Waals surface area (Å²) in [6, 6.07) is 4.88. The summed E-state index contributed by atoms with van der Waals surface area (Å²) >= 11 is 1.59. The van der Waals surface area contributed by atoms with Crippen molar-refractivity contribution < 1.29 is 9.59 Å². The summed E-state index contributed by atoms with van der Waals surface area (Å²) in [6.45, 7) is 5.60. The van der Waals surface area contributed by atoms with Gasteiger partial charge >= 0.3 is 0 Å². The monoisotopic (exact) mass is 333 g/mol. The molecule has 0 spiro atoms. The summed E-state index contributed by atoms with van der Waals surface area (Å²) in [6.07, 6.45) is 0. The number of aromatic amines is 1. The van der Waals surface area contributed by atoms with Gasteiger partial charge in [-0.15, -0.1) is 11.8 Å². The van der Waals surface area contributed by atoms with E-state index >= 15 is 0 Å². The predicted molar refractivity (Wildman–Crippen MR) is 89.9 cm³/mol. The number of carbonyl (C=O) groups excluding carboxylic acids is 2. The Hall–Kier alpha value is -2.09. The largest absolute Gasteiger partial charge is 0.324 e. The molecule has 0 bridgehead atoms. The van der Waals surface area contributed by atoms with Crippen LogP contribution in [0, 0.1) is 5.41 Å². The van der Waals surface area contributed by atoms with Crippen LogP contribution in [-0.2, 0) is 9.59 Å². The van der Waals surface area contributed by atoms with Crippen molar-refractivity contribution in [2.45, 2.75) is 26.8 Å². The Morgan fingerprint density at radius 1 is 1.30 bits per heavy atom. The van der Waals surface area contributed by atoms with Gasteiger partial charge in [0.15, 0.2) is 0 Å². The summed E-state index contributed by atoms with van der Waals surface area (Å²) in [5.41, 5.74) is 1.58. The van der Waals surface area contributed by atoms with Crippen LogP contribution in [0.2, 0.25) is 0 Å². The number of amides is 2. The number of hydrogen-bond donors (Lipinski definition) is 2. The van der Waals surface area contributed by atoms with Crippen LogP contribution >= 0.6 is 11.8 Å². The third-order valence-electron chi connectivity index (χ3n) is 3.67. The van der Waals surface area contributed by atoms with E-state index in [0.717, 1.165) is 5.52 Å². The number of nitrogens with zero attached hydrogens (tertiary/aromatic N) is 3. The predicted octanol–water partition coefficient (Wildman–Crippen LogP) is 1.84. The van der Waals surface area contributed by atoms with Gasteiger partial charge in [-0.05, 0) is 18.2 Å². The first-order valence-corrected chi connectivity index (χ1v) is 8.52. The van der Waals surface area contributed by atoms with Crippen molar-refractivity contribution in [3.8, 4) is 0 Å². The van der Waals surface area contributed by atoms with Crippen LogP contribution < -0.4 is 5.32 Å². The van der Waals surface area contributed by atoms with Crippen LogP contribution in [0.15, 0.2) is 18.2 Å². The first-order valence-electron chi connectivity index (χ1n) is 7.36. The summed E-state index contributed by atoms with van der Waals surface area (Å²) in [7, 11) is 0. The van der Waals surface area contributed by atoms with Gasteiger partial charge in [-0.25, -0.2) is 0 Å². The molecule has 1 saturated heterocycles. The Kier molecular flexibility index (Phi) is 4.01. The van der Waals surface area contributed by atoms with Gasteiger partial charge in [0.1, 0.15) is 17.1 Å². The van der Waals surface area contributed by atoms with Crippen LogP contribution in [0.3, 0.4) is 0 Å². The smallest absolute Gasteiger partial charge is 0.248 e. The SMILES string of the molecule is CC(C)(C)C(=O)N1CSCC1C(=O)Nc1ccc2n[nH]nc2c1. The molecule has 2 N–H and O–H groups in total. The van der Waals surface area contributed by atoms with E-state index < -0.39 is 11.5 Å². The molecule has 0 radical (unpaired) electrons. The van der Waals surface area contributed by atoms with E-state index in [1.54, 1.807) is 34.9 Å². The number of rotatable bonds is 2. The Morgan fingerprint density at radius 3 is 2.78 bits per heavy atom. The number of H-pyrrole nitrogens is 1. The molecule has 2 amide bonds. The Morgan fingerprint density at radius 2 is 2.04 bits per heavy atom. The molecule has 1 atom stereocenters. The fraction of sp³-hybridized carbons (Fsp3) is 0.467. The molecule has 1 fully saturated rings. The third-order valence-corrected chi connectivity index (χ3v) is 4.68. The number of nitrogens with one attached hydrogen (secondary N) is 2. The summed E-state index contributed by atoms with van der Waals surface area (Å²) in [5.74, 6) is 0.987. The molecule has 1 unspecified atom stereocenters. The molecule has 8 heteroatoms. The molecular formula is C15H19N5O2S. The van der Waals surface area contributed by atoms with Gasteiger partial charge in [-0.1, -0.05) is 20.8 Å². The van der Waals surface area contributed by atoms with Crippen molar-refractivity contribution >= 4 is 40.3 Å². The number of benzene rings is 1. The lowest BCUT2D eigenvalue weighted by Crippen LogP contribution is -2.48. The molecule has 0 saturated carbocycles. The Balaban J connectivity index is 1.75. The first kappa shape index (κ1) is 15.8. The number of anilines is 1. The van der Waals surface area contributed by atoms with Crippen molar-refractivity contribution in [2.24, 2.45) is 5.41 Å². The van der Waals surface area contributed by atoms with E-state index in [1.807, 2.05) is 20.8 Å². The highest BCUT2D eigenvalue weighted by Crippen LogP contribution is 2.28. The van der Waals surface area contributed by atoms with E-state index in [2.05, 4.69) is 20.7 Å². The van der Waals surface area contributed by atoms with Crippen molar-refractivity contribution in [1.29, 1.82) is 0 Å². The lowest BCUT2D eigenvalue weighted by atomic mass is 9.94. The lowest BCUT2D eigenvalue weighted by molar-refractivity contribution is -0.143. The van der Waals surface area contributed by atoms with Crippen LogP contribution in [-0.4, -0.2) is 49.8 Å². The highest BCUT2D eigenvalue weighted by molar-refractivity contribution is 7.99. The molecule has 1 aliphatic heterocycles. The standard InChI is InChI=1S/C15H19N5O2S/c1-15(2,3)14(22)20-8-23-7-12(20)13(21)16-9-4-5-10-11(6-9)18-19-17-10/h4-6,12H,7-8H2,1-3H3,(H,16,21)(H,17,18,19). The number of hydrogen-bond acceptors (Lipinski definition) is 5. The second-order valence-electron chi connectivity index (χ2n) is 6.56. The molecule has 2 heterocycles. The fourth-order valence-electron chi connectivity index (χ4n) is 2.43. The molecule has 1 aromatic carbocycles. The summed E-state index contributed by atoms with van der Waals surface area (Å²) in [5, 5.41) is 13.4. The van der Waals surface area contributed by atoms with Crippen molar-refractivity contribution in [1.82, 2.24) is 20.3 Å². The Labute approximate surface area is 138 Å². The van der Waals surface area contributed by atoms with Crippen molar-refractivity contribution in [3.05, 3.63) is 18.2 Å². The highest BCUT2D eigenvalue weighted by atomic mass is 32.2. The van der Waals surface area contributed by atoms with Gasteiger partial charge in [-0.3, -0.25) is 9.59 Å². The molecule has 1 aliphatic rings. The molecule has 0 aliphatic carbocycles. The average molecular weight is 333 g/mol. The van der Waals surface area contributed by atoms with E-state index in [1.165, 1.54) is 0 Å². The van der Waals surface area contributed by atoms with Gasteiger partial charge in [0.05, 0.1) is 5.88 Å². The summed E-state index contributed by atoms with van der Waals surface area (Å²) in [4.78, 5) is 26.7. The molecule has 3 rings (SSSR count). The fourth-order valence-corrected chi connectivity index (χ4v) is 3.59. The second kappa shape index (κ2) is 5.84. The van der Waals surface area contributed by atoms with Gasteiger partial charge in [0.25, 0.3) is 0 Å². The molecule has 2 aromatic rings. The van der Waals surface area contributed by atoms with Crippen molar-refractivity contribution in [3.63, 3.8) is 0 Å². The number of aromatic nitrogens is 3. The molecule has 7 nitrogen and oxygen atoms in total. The zero-order chi connectivity index (χ0) is 16.6. The minimum atomic E-state index is -0.497. The van der Waals surface area contributed by atoms with Gasteiger partial charge < -0.3 is 10.2 Å². The van der Waals surface area contributed by atoms with E-state index in [0.29, 0.717) is 22.8 Å². The van der Waals surface area contributed by atoms with Crippen LogP contribution in [0.1, 0.15) is 20.8 Å². The minimum Gasteiger partial charge on any atom is -0.324 e. The maximum absolute atomic E-state index is 12.6. The normalized spacial score (nSPS) is 18.4. The maximum Gasteiger partial charge on any atom is 0.248 e. The van der Waals surface area contributed by atoms with Crippen LogP contribution in [0.25, 0.3) is 11.0 Å². The van der Waals surface area contributed by atoms with E-state index in [9.17, 15) is 9.59 Å². The molecule has 122 valence electrons. The van der Waals surface area contributed by atoms with Crippen LogP contribution in [0.4, 0.5) is 5.69 Å². The highest BCUT2D eigenvalue weighted by Gasteiger charge is 2.39. The maximum atomic E-state index is 12.6. The zero-order valence-electron chi connectivity index (χ0n) is 13.3. The number of thioether (sulfide) groups is 1. The summed E-state index contributed by atoms with van der Waals surface area (Å²) < 4.78 is 0. The van der Waals surface area contributed by atoms with Gasteiger partial charge in [0.2, 0.25) is 11.8 Å². The van der Waals surface area contributed by atoms with E-state index in [4.69, 9.17) is 0 Å². The quantitative estimate of drug-likeness (QED) is 0.875. The van der Waals surface area contributed by atoms with Crippen LogP contribution in [0.5, 0.6) is 0 Å². The Bertz CT molecular complexity index is 752. The minimum absolute atomic E-state index is 0.00500. The topological polar surface area (TPSA) is 91.0 Å².